The molecule has 0 aliphatic heterocycles. The number of rotatable bonds is 8. The van der Waals surface area contributed by atoms with E-state index < -0.39 is 18.2 Å². The van der Waals surface area contributed by atoms with Gasteiger partial charge in [0.25, 0.3) is 0 Å². The molecule has 0 aliphatic rings. The van der Waals surface area contributed by atoms with Gasteiger partial charge >= 0.3 is 6.09 Å². The van der Waals surface area contributed by atoms with Crippen LogP contribution in [-0.2, 0) is 11.3 Å². The number of thioether (sulfide) groups is 1. The second-order valence-electron chi connectivity index (χ2n) is 5.16. The third kappa shape index (κ3) is 6.43. The Kier molecular flexibility index (Phi) is 7.95. The van der Waals surface area contributed by atoms with Gasteiger partial charge < -0.3 is 15.2 Å². The number of amides is 1. The molecule has 0 bridgehead atoms. The summed E-state index contributed by atoms with van der Waals surface area (Å²) in [6.07, 6.45) is -1.41. The summed E-state index contributed by atoms with van der Waals surface area (Å²) >= 11 is 7.27. The second-order valence-corrected chi connectivity index (χ2v) is 6.56. The van der Waals surface area contributed by atoms with Crippen molar-refractivity contribution in [2.75, 3.05) is 11.6 Å². The minimum atomic E-state index is -0.841. The number of halogens is 1. The summed E-state index contributed by atoms with van der Waals surface area (Å²) in [6, 6.07) is 18.7. The van der Waals surface area contributed by atoms with Gasteiger partial charge in [0, 0.05) is 10.6 Å². The van der Waals surface area contributed by atoms with E-state index in [0.29, 0.717) is 5.75 Å². The zero-order valence-corrected chi connectivity index (χ0v) is 14.7. The molecular formula is C18H20ClNO3S. The molecule has 1 amide bonds. The van der Waals surface area contributed by atoms with Gasteiger partial charge in [-0.3, -0.25) is 0 Å². The van der Waals surface area contributed by atoms with Crippen molar-refractivity contribution in [3.8, 4) is 0 Å². The van der Waals surface area contributed by atoms with E-state index in [4.69, 9.17) is 16.3 Å². The molecule has 0 aromatic heterocycles. The predicted molar refractivity (Wildman–Crippen MR) is 97.4 cm³/mol. The van der Waals surface area contributed by atoms with Crippen LogP contribution in [0.1, 0.15) is 5.56 Å². The monoisotopic (exact) mass is 365 g/mol. The van der Waals surface area contributed by atoms with Crippen LogP contribution in [0.5, 0.6) is 0 Å². The van der Waals surface area contributed by atoms with Crippen molar-refractivity contribution in [2.24, 2.45) is 0 Å². The maximum Gasteiger partial charge on any atom is 0.407 e. The van der Waals surface area contributed by atoms with Crippen molar-refractivity contribution in [1.82, 2.24) is 5.32 Å². The molecule has 0 saturated heterocycles. The minimum Gasteiger partial charge on any atom is -0.445 e. The number of ether oxygens (including phenoxy) is 1. The van der Waals surface area contributed by atoms with Gasteiger partial charge in [0.1, 0.15) is 6.61 Å². The topological polar surface area (TPSA) is 58.6 Å². The summed E-state index contributed by atoms with van der Waals surface area (Å²) in [4.78, 5) is 13.0. The first-order valence-electron chi connectivity index (χ1n) is 7.58. The lowest BCUT2D eigenvalue weighted by molar-refractivity contribution is 0.115. The largest absolute Gasteiger partial charge is 0.445 e. The number of benzene rings is 2. The molecule has 24 heavy (non-hydrogen) atoms. The highest BCUT2D eigenvalue weighted by Crippen LogP contribution is 2.19. The maximum atomic E-state index is 12.0. The van der Waals surface area contributed by atoms with Crippen LogP contribution in [0.3, 0.4) is 0 Å². The van der Waals surface area contributed by atoms with Crippen molar-refractivity contribution >= 4 is 29.5 Å². The highest BCUT2D eigenvalue weighted by molar-refractivity contribution is 7.99. The zero-order valence-electron chi connectivity index (χ0n) is 13.1. The fourth-order valence-electron chi connectivity index (χ4n) is 1.98. The van der Waals surface area contributed by atoms with Crippen molar-refractivity contribution < 1.29 is 14.6 Å². The van der Waals surface area contributed by atoms with Crippen molar-refractivity contribution in [3.63, 3.8) is 0 Å². The third-order valence-corrected chi connectivity index (χ3v) is 4.76. The number of aliphatic hydroxyl groups is 1. The maximum absolute atomic E-state index is 12.0. The summed E-state index contributed by atoms with van der Waals surface area (Å²) in [6.45, 7) is 0.183. The van der Waals surface area contributed by atoms with Crippen LogP contribution in [0.4, 0.5) is 4.79 Å². The molecule has 2 atom stereocenters. The van der Waals surface area contributed by atoms with E-state index in [9.17, 15) is 9.90 Å². The summed E-state index contributed by atoms with van der Waals surface area (Å²) in [5.41, 5.74) is 0.903. The third-order valence-electron chi connectivity index (χ3n) is 3.31. The predicted octanol–water partition coefficient (Wildman–Crippen LogP) is 3.67. The molecule has 0 radical (unpaired) electrons. The van der Waals surface area contributed by atoms with Crippen LogP contribution in [0.15, 0.2) is 65.6 Å². The average molecular weight is 366 g/mol. The number of alkyl halides is 1. The number of hydrogen-bond donors (Lipinski definition) is 2. The van der Waals surface area contributed by atoms with Gasteiger partial charge in [0.2, 0.25) is 0 Å². The van der Waals surface area contributed by atoms with E-state index in [-0.39, 0.29) is 12.5 Å². The molecule has 0 saturated carbocycles. The van der Waals surface area contributed by atoms with Gasteiger partial charge in [-0.15, -0.1) is 23.4 Å². The van der Waals surface area contributed by atoms with Gasteiger partial charge in [-0.2, -0.15) is 0 Å². The Morgan fingerprint density at radius 1 is 1.12 bits per heavy atom. The SMILES string of the molecule is O=C(N[C@@H](CSc1ccccc1)[C@@H](O)CCl)OCc1ccccc1. The Morgan fingerprint density at radius 3 is 2.38 bits per heavy atom. The normalized spacial score (nSPS) is 13.1. The average Bonchev–Trinajstić information content (AvgIpc) is 2.64. The number of hydrogen-bond acceptors (Lipinski definition) is 4. The van der Waals surface area contributed by atoms with Crippen LogP contribution >= 0.6 is 23.4 Å². The first-order chi connectivity index (χ1) is 11.7. The van der Waals surface area contributed by atoms with E-state index in [1.54, 1.807) is 0 Å². The lowest BCUT2D eigenvalue weighted by Crippen LogP contribution is -2.46. The van der Waals surface area contributed by atoms with E-state index in [0.717, 1.165) is 10.5 Å². The summed E-state index contributed by atoms with van der Waals surface area (Å²) in [7, 11) is 0. The van der Waals surface area contributed by atoms with E-state index >= 15 is 0 Å². The van der Waals surface area contributed by atoms with Crippen molar-refractivity contribution in [1.29, 1.82) is 0 Å². The molecule has 0 heterocycles. The Labute approximate surface area is 151 Å². The molecule has 2 aromatic carbocycles. The molecule has 2 N–H and O–H groups in total. The number of aliphatic hydroxyl groups excluding tert-OH is 1. The van der Waals surface area contributed by atoms with Crippen molar-refractivity contribution in [3.05, 3.63) is 66.2 Å². The van der Waals surface area contributed by atoms with E-state index in [1.165, 1.54) is 11.8 Å². The lowest BCUT2D eigenvalue weighted by atomic mass is 10.2. The van der Waals surface area contributed by atoms with Crippen LogP contribution in [0.25, 0.3) is 0 Å². The quantitative estimate of drug-likeness (QED) is 0.553. The molecule has 2 rings (SSSR count). The fraction of sp³-hybridized carbons (Fsp3) is 0.278. The van der Waals surface area contributed by atoms with Crippen LogP contribution in [-0.4, -0.2) is 35.0 Å². The van der Waals surface area contributed by atoms with Crippen LogP contribution < -0.4 is 5.32 Å². The molecule has 128 valence electrons. The van der Waals surface area contributed by atoms with Gasteiger partial charge in [0.15, 0.2) is 0 Å². The smallest absolute Gasteiger partial charge is 0.407 e. The zero-order chi connectivity index (χ0) is 17.2. The first kappa shape index (κ1) is 18.6. The number of nitrogens with one attached hydrogen (secondary N) is 1. The number of alkyl carbamates (subject to hydrolysis) is 1. The van der Waals surface area contributed by atoms with Crippen LogP contribution in [0.2, 0.25) is 0 Å². The fourth-order valence-corrected chi connectivity index (χ4v) is 3.22. The second kappa shape index (κ2) is 10.2. The number of carbonyl (C=O) groups excluding carboxylic acids is 1. The molecule has 6 heteroatoms. The molecule has 0 unspecified atom stereocenters. The highest BCUT2D eigenvalue weighted by Gasteiger charge is 2.21. The van der Waals surface area contributed by atoms with Gasteiger partial charge in [-0.1, -0.05) is 48.5 Å². The standard InChI is InChI=1S/C18H20ClNO3S/c19-11-17(21)16(13-24-15-9-5-2-6-10-15)20-18(22)23-12-14-7-3-1-4-8-14/h1-10,16-17,21H,11-13H2,(H,20,22)/t16-,17-/m0/s1. The van der Waals surface area contributed by atoms with E-state index in [2.05, 4.69) is 5.32 Å². The Morgan fingerprint density at radius 2 is 1.75 bits per heavy atom. The van der Waals surface area contributed by atoms with E-state index in [1.807, 2.05) is 60.7 Å². The highest BCUT2D eigenvalue weighted by atomic mass is 35.5. The Hall–Kier alpha value is -1.69. The minimum absolute atomic E-state index is 0.0407. The molecule has 0 spiro atoms. The van der Waals surface area contributed by atoms with Crippen molar-refractivity contribution in [2.45, 2.75) is 23.6 Å². The summed E-state index contributed by atoms with van der Waals surface area (Å²) in [5, 5.41) is 12.7. The number of carbonyl (C=O) groups is 1. The summed E-state index contributed by atoms with van der Waals surface area (Å²) < 4.78 is 5.19. The molecule has 0 aliphatic carbocycles. The molecule has 2 aromatic rings. The Bertz CT molecular complexity index is 612. The molecular weight excluding hydrogens is 346 g/mol. The molecule has 0 fully saturated rings. The molecule has 4 nitrogen and oxygen atoms in total. The van der Waals surface area contributed by atoms with Crippen LogP contribution in [0, 0.1) is 0 Å². The lowest BCUT2D eigenvalue weighted by Gasteiger charge is -2.22. The Balaban J connectivity index is 1.84. The summed E-state index contributed by atoms with van der Waals surface area (Å²) in [5.74, 6) is 0.539. The first-order valence-corrected chi connectivity index (χ1v) is 9.10. The van der Waals surface area contributed by atoms with Gasteiger partial charge in [0.05, 0.1) is 18.0 Å². The van der Waals surface area contributed by atoms with Gasteiger partial charge in [-0.25, -0.2) is 4.79 Å². The van der Waals surface area contributed by atoms with Gasteiger partial charge in [-0.05, 0) is 17.7 Å².